The van der Waals surface area contributed by atoms with Crippen LogP contribution in [0.4, 0.5) is 0 Å². The quantitative estimate of drug-likeness (QED) is 0.745. The second-order valence-electron chi connectivity index (χ2n) is 5.76. The number of carboxylic acid groups (broad SMARTS) is 1. The summed E-state index contributed by atoms with van der Waals surface area (Å²) >= 11 is 0. The van der Waals surface area contributed by atoms with Gasteiger partial charge in [0.25, 0.3) is 0 Å². The molecule has 2 atom stereocenters. The lowest BCUT2D eigenvalue weighted by atomic mass is 9.83. The molecule has 0 aromatic carbocycles. The van der Waals surface area contributed by atoms with Crippen molar-refractivity contribution in [2.45, 2.75) is 62.2 Å². The zero-order valence-corrected chi connectivity index (χ0v) is 9.78. The normalized spacial score (nSPS) is 43.6. The molecule has 90 valence electrons. The predicted octanol–water partition coefficient (Wildman–Crippen LogP) is 0.818. The van der Waals surface area contributed by atoms with Gasteiger partial charge in [-0.25, -0.2) is 0 Å². The zero-order valence-electron chi connectivity index (χ0n) is 9.78. The standard InChI is InChI=1S/C12H20N2O2/c1-14-9-4-5-10(14)7-12(6-9,11(15)16)13-8-2-3-8/h8-10,13H,2-7H2,1H3,(H,15,16). The van der Waals surface area contributed by atoms with E-state index in [0.29, 0.717) is 18.1 Å². The van der Waals surface area contributed by atoms with Crippen molar-refractivity contribution >= 4 is 5.97 Å². The fourth-order valence-electron chi connectivity index (χ4n) is 3.44. The molecule has 2 saturated heterocycles. The van der Waals surface area contributed by atoms with E-state index >= 15 is 0 Å². The number of carbonyl (C=O) groups is 1. The Labute approximate surface area is 96.0 Å². The number of rotatable bonds is 3. The number of piperidine rings is 1. The number of aliphatic carboxylic acids is 1. The van der Waals surface area contributed by atoms with Crippen LogP contribution in [0.25, 0.3) is 0 Å². The van der Waals surface area contributed by atoms with Gasteiger partial charge in [0.2, 0.25) is 0 Å². The summed E-state index contributed by atoms with van der Waals surface area (Å²) in [5.74, 6) is -0.635. The molecule has 1 saturated carbocycles. The van der Waals surface area contributed by atoms with Crippen LogP contribution in [-0.2, 0) is 4.79 Å². The van der Waals surface area contributed by atoms with E-state index in [0.717, 1.165) is 25.7 Å². The lowest BCUT2D eigenvalue weighted by molar-refractivity contribution is -0.148. The minimum atomic E-state index is -0.635. The highest BCUT2D eigenvalue weighted by Gasteiger charge is 2.52. The Morgan fingerprint density at radius 3 is 2.25 bits per heavy atom. The third-order valence-electron chi connectivity index (χ3n) is 4.62. The molecule has 2 N–H and O–H groups in total. The van der Waals surface area contributed by atoms with E-state index in [1.165, 1.54) is 12.8 Å². The van der Waals surface area contributed by atoms with E-state index in [1.807, 2.05) is 0 Å². The summed E-state index contributed by atoms with van der Waals surface area (Å²) in [6, 6.07) is 1.42. The topological polar surface area (TPSA) is 52.6 Å². The summed E-state index contributed by atoms with van der Waals surface area (Å²) in [6.07, 6.45) is 6.21. The maximum Gasteiger partial charge on any atom is 0.324 e. The van der Waals surface area contributed by atoms with Gasteiger partial charge in [0.05, 0.1) is 0 Å². The Hall–Kier alpha value is -0.610. The van der Waals surface area contributed by atoms with E-state index < -0.39 is 11.5 Å². The molecule has 0 aromatic heterocycles. The number of fused-ring (bicyclic) bond motifs is 2. The highest BCUT2D eigenvalue weighted by atomic mass is 16.4. The first-order valence-electron chi connectivity index (χ1n) is 6.34. The van der Waals surface area contributed by atoms with Crippen LogP contribution in [0.1, 0.15) is 38.5 Å². The van der Waals surface area contributed by atoms with Crippen LogP contribution in [0.15, 0.2) is 0 Å². The van der Waals surface area contributed by atoms with Crippen LogP contribution in [-0.4, -0.2) is 46.7 Å². The fourth-order valence-corrected chi connectivity index (χ4v) is 3.44. The molecule has 4 nitrogen and oxygen atoms in total. The number of carboxylic acids is 1. The van der Waals surface area contributed by atoms with Crippen molar-refractivity contribution in [1.29, 1.82) is 0 Å². The molecule has 2 bridgehead atoms. The minimum Gasteiger partial charge on any atom is -0.480 e. The van der Waals surface area contributed by atoms with Gasteiger partial charge < -0.3 is 10.0 Å². The molecule has 3 aliphatic rings. The summed E-state index contributed by atoms with van der Waals surface area (Å²) < 4.78 is 0. The average molecular weight is 224 g/mol. The number of hydrogen-bond acceptors (Lipinski definition) is 3. The largest absolute Gasteiger partial charge is 0.480 e. The average Bonchev–Trinajstić information content (AvgIpc) is 3.00. The summed E-state index contributed by atoms with van der Waals surface area (Å²) in [5.41, 5.74) is -0.625. The molecule has 4 heteroatoms. The molecule has 0 spiro atoms. The van der Waals surface area contributed by atoms with Crippen LogP contribution in [0, 0.1) is 0 Å². The molecule has 0 aromatic rings. The predicted molar refractivity (Wildman–Crippen MR) is 60.3 cm³/mol. The smallest absolute Gasteiger partial charge is 0.324 e. The molecule has 2 heterocycles. The second-order valence-corrected chi connectivity index (χ2v) is 5.76. The molecule has 3 rings (SSSR count). The maximum atomic E-state index is 11.6. The van der Waals surface area contributed by atoms with Gasteiger partial charge in [-0.2, -0.15) is 0 Å². The lowest BCUT2D eigenvalue weighted by Crippen LogP contribution is -2.61. The highest BCUT2D eigenvalue weighted by Crippen LogP contribution is 2.41. The number of nitrogens with one attached hydrogen (secondary N) is 1. The monoisotopic (exact) mass is 224 g/mol. The third-order valence-corrected chi connectivity index (χ3v) is 4.62. The van der Waals surface area contributed by atoms with Gasteiger partial charge in [0.15, 0.2) is 0 Å². The Balaban J connectivity index is 1.81. The zero-order chi connectivity index (χ0) is 11.3. The highest BCUT2D eigenvalue weighted by molar-refractivity contribution is 5.79. The molecular weight excluding hydrogens is 204 g/mol. The Kier molecular flexibility index (Phi) is 2.27. The maximum absolute atomic E-state index is 11.6. The van der Waals surface area contributed by atoms with Gasteiger partial charge in [-0.15, -0.1) is 0 Å². The van der Waals surface area contributed by atoms with E-state index in [-0.39, 0.29) is 0 Å². The Morgan fingerprint density at radius 2 is 1.81 bits per heavy atom. The van der Waals surface area contributed by atoms with Crippen molar-refractivity contribution < 1.29 is 9.90 Å². The van der Waals surface area contributed by atoms with Crippen molar-refractivity contribution in [1.82, 2.24) is 10.2 Å². The van der Waals surface area contributed by atoms with Crippen LogP contribution in [0.5, 0.6) is 0 Å². The van der Waals surface area contributed by atoms with Gasteiger partial charge in [-0.3, -0.25) is 10.1 Å². The molecule has 2 unspecified atom stereocenters. The van der Waals surface area contributed by atoms with Crippen LogP contribution in [0.2, 0.25) is 0 Å². The van der Waals surface area contributed by atoms with E-state index in [2.05, 4.69) is 17.3 Å². The fraction of sp³-hybridized carbons (Fsp3) is 0.917. The Morgan fingerprint density at radius 1 is 1.25 bits per heavy atom. The molecule has 2 aliphatic heterocycles. The summed E-state index contributed by atoms with van der Waals surface area (Å²) in [6.45, 7) is 0. The van der Waals surface area contributed by atoms with Crippen LogP contribution >= 0.6 is 0 Å². The first-order valence-corrected chi connectivity index (χ1v) is 6.34. The van der Waals surface area contributed by atoms with E-state index in [1.54, 1.807) is 0 Å². The summed E-state index contributed by atoms with van der Waals surface area (Å²) in [7, 11) is 2.14. The summed E-state index contributed by atoms with van der Waals surface area (Å²) in [4.78, 5) is 14.0. The van der Waals surface area contributed by atoms with Crippen molar-refractivity contribution in [2.75, 3.05) is 7.05 Å². The first kappa shape index (κ1) is 10.5. The van der Waals surface area contributed by atoms with E-state index in [4.69, 9.17) is 0 Å². The van der Waals surface area contributed by atoms with Crippen molar-refractivity contribution in [3.63, 3.8) is 0 Å². The molecular formula is C12H20N2O2. The van der Waals surface area contributed by atoms with Crippen LogP contribution in [0.3, 0.4) is 0 Å². The minimum absolute atomic E-state index is 0.471. The van der Waals surface area contributed by atoms with Crippen molar-refractivity contribution in [2.24, 2.45) is 0 Å². The van der Waals surface area contributed by atoms with Gasteiger partial charge >= 0.3 is 5.97 Å². The summed E-state index contributed by atoms with van der Waals surface area (Å²) in [5, 5.41) is 12.9. The first-order chi connectivity index (χ1) is 7.61. The van der Waals surface area contributed by atoms with Crippen LogP contribution < -0.4 is 5.32 Å². The third kappa shape index (κ3) is 1.55. The molecule has 16 heavy (non-hydrogen) atoms. The molecule has 0 radical (unpaired) electrons. The second kappa shape index (κ2) is 3.44. The van der Waals surface area contributed by atoms with E-state index in [9.17, 15) is 9.90 Å². The Bertz CT molecular complexity index is 300. The SMILES string of the molecule is CN1C2CCC1CC(NC1CC1)(C(=O)O)C2. The van der Waals surface area contributed by atoms with Gasteiger partial charge in [0.1, 0.15) is 5.54 Å². The molecule has 1 aliphatic carbocycles. The molecule has 3 fully saturated rings. The molecule has 0 amide bonds. The van der Waals surface area contributed by atoms with Gasteiger partial charge in [-0.05, 0) is 45.6 Å². The van der Waals surface area contributed by atoms with Crippen molar-refractivity contribution in [3.05, 3.63) is 0 Å². The number of nitrogens with zero attached hydrogens (tertiary/aromatic N) is 1. The van der Waals surface area contributed by atoms with Gasteiger partial charge in [0, 0.05) is 18.1 Å². The number of hydrogen-bond donors (Lipinski definition) is 2. The van der Waals surface area contributed by atoms with Gasteiger partial charge in [-0.1, -0.05) is 0 Å². The lowest BCUT2D eigenvalue weighted by Gasteiger charge is -2.43. The van der Waals surface area contributed by atoms with Crippen molar-refractivity contribution in [3.8, 4) is 0 Å².